The van der Waals surface area contributed by atoms with Gasteiger partial charge in [-0.1, -0.05) is 12.8 Å². The number of fused-ring (bicyclic) bond motifs is 2. The predicted molar refractivity (Wildman–Crippen MR) is 104 cm³/mol. The molecule has 6 nitrogen and oxygen atoms in total. The Morgan fingerprint density at radius 2 is 1.81 bits per heavy atom. The monoisotopic (exact) mass is 358 g/mol. The van der Waals surface area contributed by atoms with Crippen molar-refractivity contribution >= 4 is 23.1 Å². The minimum atomic E-state index is -0.151. The summed E-state index contributed by atoms with van der Waals surface area (Å²) in [5, 5.41) is 13.2. The summed E-state index contributed by atoms with van der Waals surface area (Å²) < 4.78 is 0. The molecule has 1 aliphatic heterocycles. The molecule has 0 aromatic carbocycles. The fourth-order valence-corrected chi connectivity index (χ4v) is 4.90. The first-order valence-electron chi connectivity index (χ1n) is 9.99. The van der Waals surface area contributed by atoms with Gasteiger partial charge in [-0.15, -0.1) is 0 Å². The number of carbonyl (C=O) groups is 1. The molecule has 0 bridgehead atoms. The molecular weight excluding hydrogens is 328 g/mol. The van der Waals surface area contributed by atoms with E-state index in [0.717, 1.165) is 62.1 Å². The van der Waals surface area contributed by atoms with Gasteiger partial charge >= 0.3 is 0 Å². The number of aliphatic hydroxyl groups is 1. The molecule has 26 heavy (non-hydrogen) atoms. The number of nitrogens with zero attached hydrogens (tertiary/aromatic N) is 3. The van der Waals surface area contributed by atoms with Crippen molar-refractivity contribution in [2.45, 2.75) is 69.6 Å². The first kappa shape index (κ1) is 17.6. The molecule has 0 radical (unpaired) electrons. The Morgan fingerprint density at radius 1 is 1.08 bits per heavy atom. The Labute approximate surface area is 155 Å². The molecule has 1 amide bonds. The summed E-state index contributed by atoms with van der Waals surface area (Å²) in [4.78, 5) is 21.6. The van der Waals surface area contributed by atoms with E-state index in [-0.39, 0.29) is 24.0 Å². The smallest absolute Gasteiger partial charge is 0.232 e. The summed E-state index contributed by atoms with van der Waals surface area (Å²) in [5.41, 5.74) is 1.99. The van der Waals surface area contributed by atoms with E-state index < -0.39 is 0 Å². The van der Waals surface area contributed by atoms with Crippen molar-refractivity contribution in [1.82, 2.24) is 4.98 Å². The van der Waals surface area contributed by atoms with Crippen LogP contribution in [0.3, 0.4) is 0 Å². The van der Waals surface area contributed by atoms with Crippen LogP contribution < -0.4 is 15.1 Å². The molecule has 6 heteroatoms. The van der Waals surface area contributed by atoms with Gasteiger partial charge in [-0.05, 0) is 38.5 Å². The van der Waals surface area contributed by atoms with Crippen molar-refractivity contribution in [2.75, 3.05) is 29.2 Å². The van der Waals surface area contributed by atoms with Gasteiger partial charge in [0.05, 0.1) is 29.6 Å². The summed E-state index contributed by atoms with van der Waals surface area (Å²) in [7, 11) is 4.00. The topological polar surface area (TPSA) is 68.7 Å². The predicted octanol–water partition coefficient (Wildman–Crippen LogP) is 2.77. The van der Waals surface area contributed by atoms with Gasteiger partial charge < -0.3 is 20.2 Å². The molecule has 2 aliphatic carbocycles. The van der Waals surface area contributed by atoms with Crippen LogP contribution in [-0.4, -0.2) is 48.3 Å². The second-order valence-corrected chi connectivity index (χ2v) is 8.17. The fraction of sp³-hybridized carbons (Fsp3) is 0.700. The van der Waals surface area contributed by atoms with E-state index >= 15 is 0 Å². The van der Waals surface area contributed by atoms with Crippen LogP contribution in [-0.2, 0) is 4.79 Å². The van der Waals surface area contributed by atoms with Crippen LogP contribution in [0.1, 0.15) is 51.4 Å². The van der Waals surface area contributed by atoms with Gasteiger partial charge in [0.1, 0.15) is 5.82 Å². The molecule has 0 saturated heterocycles. The quantitative estimate of drug-likeness (QED) is 0.851. The van der Waals surface area contributed by atoms with Crippen molar-refractivity contribution in [1.29, 1.82) is 0 Å². The lowest BCUT2D eigenvalue weighted by atomic mass is 9.83. The van der Waals surface area contributed by atoms with Crippen molar-refractivity contribution in [3.05, 3.63) is 12.3 Å². The van der Waals surface area contributed by atoms with E-state index in [1.807, 2.05) is 13.2 Å². The zero-order valence-electron chi connectivity index (χ0n) is 15.8. The molecule has 2 saturated carbocycles. The molecule has 1 aromatic rings. The second-order valence-electron chi connectivity index (χ2n) is 8.17. The molecular formula is C20H30N4O2. The Kier molecular flexibility index (Phi) is 4.78. The average Bonchev–Trinajstić information content (AvgIpc) is 2.74. The highest BCUT2D eigenvalue weighted by Crippen LogP contribution is 2.41. The van der Waals surface area contributed by atoms with Gasteiger partial charge in [0.2, 0.25) is 5.91 Å². The molecule has 2 N–H and O–H groups in total. The van der Waals surface area contributed by atoms with Crippen molar-refractivity contribution < 1.29 is 9.90 Å². The maximum Gasteiger partial charge on any atom is 0.232 e. The lowest BCUT2D eigenvalue weighted by Crippen LogP contribution is -2.44. The number of amides is 1. The molecule has 2 unspecified atom stereocenters. The number of carbonyl (C=O) groups excluding carboxylic acids is 1. The van der Waals surface area contributed by atoms with E-state index in [4.69, 9.17) is 0 Å². The van der Waals surface area contributed by atoms with Crippen LogP contribution >= 0.6 is 0 Å². The van der Waals surface area contributed by atoms with Crippen LogP contribution in [0, 0.1) is 5.92 Å². The highest BCUT2D eigenvalue weighted by Gasteiger charge is 2.39. The Balaban J connectivity index is 1.60. The first-order valence-corrected chi connectivity index (χ1v) is 9.99. The van der Waals surface area contributed by atoms with Gasteiger partial charge in [-0.3, -0.25) is 4.79 Å². The molecule has 2 atom stereocenters. The van der Waals surface area contributed by atoms with Crippen LogP contribution in [0.15, 0.2) is 12.3 Å². The SMILES string of the molecule is CN1C(=O)C2CCCCC2N(C)c2cc(NC3CCC(O)CC3)ncc21. The van der Waals surface area contributed by atoms with Gasteiger partial charge in [-0.25, -0.2) is 4.98 Å². The lowest BCUT2D eigenvalue weighted by molar-refractivity contribution is -0.123. The Morgan fingerprint density at radius 3 is 2.58 bits per heavy atom. The second kappa shape index (κ2) is 7.06. The van der Waals surface area contributed by atoms with E-state index in [2.05, 4.69) is 28.3 Å². The normalized spacial score (nSPS) is 31.9. The molecule has 1 aromatic heterocycles. The van der Waals surface area contributed by atoms with Gasteiger partial charge in [0.25, 0.3) is 0 Å². The van der Waals surface area contributed by atoms with Crippen molar-refractivity contribution in [3.8, 4) is 0 Å². The number of rotatable bonds is 2. The zero-order valence-corrected chi connectivity index (χ0v) is 15.8. The van der Waals surface area contributed by atoms with Gasteiger partial charge in [0.15, 0.2) is 0 Å². The Bertz CT molecular complexity index is 672. The molecule has 4 rings (SSSR count). The van der Waals surface area contributed by atoms with Crippen LogP contribution in [0.4, 0.5) is 17.2 Å². The largest absolute Gasteiger partial charge is 0.393 e. The van der Waals surface area contributed by atoms with Gasteiger partial charge in [-0.2, -0.15) is 0 Å². The van der Waals surface area contributed by atoms with E-state index in [1.165, 1.54) is 6.42 Å². The van der Waals surface area contributed by atoms with Crippen molar-refractivity contribution in [2.24, 2.45) is 5.92 Å². The number of anilines is 3. The number of aromatic nitrogens is 1. The first-order chi connectivity index (χ1) is 12.5. The summed E-state index contributed by atoms with van der Waals surface area (Å²) in [5.74, 6) is 1.18. The Hall–Kier alpha value is -1.82. The minimum absolute atomic E-state index is 0.0855. The summed E-state index contributed by atoms with van der Waals surface area (Å²) in [6.07, 6.45) is 9.72. The lowest BCUT2D eigenvalue weighted by Gasteiger charge is -2.36. The van der Waals surface area contributed by atoms with E-state index in [0.29, 0.717) is 6.04 Å². The van der Waals surface area contributed by atoms with Gasteiger partial charge in [0, 0.05) is 32.2 Å². The van der Waals surface area contributed by atoms with Crippen LogP contribution in [0.25, 0.3) is 0 Å². The third kappa shape index (κ3) is 3.15. The summed E-state index contributed by atoms with van der Waals surface area (Å²) in [6, 6.07) is 2.74. The standard InChI is InChI=1S/C20H30N4O2/c1-23-16-6-4-3-5-15(16)20(26)24(2)18-12-21-19(11-17(18)23)22-13-7-9-14(25)10-8-13/h11-16,25H,3-10H2,1-2H3,(H,21,22). The average molecular weight is 358 g/mol. The highest BCUT2D eigenvalue weighted by atomic mass is 16.3. The maximum atomic E-state index is 13.0. The summed E-state index contributed by atoms with van der Waals surface area (Å²) in [6.45, 7) is 0. The minimum Gasteiger partial charge on any atom is -0.393 e. The maximum absolute atomic E-state index is 13.0. The summed E-state index contributed by atoms with van der Waals surface area (Å²) >= 11 is 0. The molecule has 3 aliphatic rings. The number of hydrogen-bond acceptors (Lipinski definition) is 5. The molecule has 0 spiro atoms. The van der Waals surface area contributed by atoms with Crippen LogP contribution in [0.5, 0.6) is 0 Å². The molecule has 2 heterocycles. The van der Waals surface area contributed by atoms with E-state index in [9.17, 15) is 9.90 Å². The fourth-order valence-electron chi connectivity index (χ4n) is 4.90. The zero-order chi connectivity index (χ0) is 18.3. The number of hydrogen-bond donors (Lipinski definition) is 2. The number of nitrogens with one attached hydrogen (secondary N) is 1. The van der Waals surface area contributed by atoms with Crippen LogP contribution in [0.2, 0.25) is 0 Å². The third-order valence-electron chi connectivity index (χ3n) is 6.53. The number of aliphatic hydroxyl groups excluding tert-OH is 1. The molecule has 142 valence electrons. The third-order valence-corrected chi connectivity index (χ3v) is 6.53. The molecule has 2 fully saturated rings. The highest BCUT2D eigenvalue weighted by molar-refractivity contribution is 6.00. The van der Waals surface area contributed by atoms with E-state index in [1.54, 1.807) is 4.90 Å². The van der Waals surface area contributed by atoms with Crippen molar-refractivity contribution in [3.63, 3.8) is 0 Å². The number of pyridine rings is 1.